The summed E-state index contributed by atoms with van der Waals surface area (Å²) in [4.78, 5) is 21.7. The van der Waals surface area contributed by atoms with E-state index in [4.69, 9.17) is 10.2 Å². The third-order valence-electron chi connectivity index (χ3n) is 4.99. The van der Waals surface area contributed by atoms with Gasteiger partial charge in [0.2, 0.25) is 0 Å². The maximum absolute atomic E-state index is 11.0. The van der Waals surface area contributed by atoms with Crippen LogP contribution in [0.15, 0.2) is 70.4 Å². The van der Waals surface area contributed by atoms with Crippen molar-refractivity contribution in [3.05, 3.63) is 70.4 Å². The predicted octanol–water partition coefficient (Wildman–Crippen LogP) is 6.00. The molecule has 0 spiro atoms. The Morgan fingerprint density at radius 1 is 1.11 bits per heavy atom. The highest BCUT2D eigenvalue weighted by Gasteiger charge is 2.26. The van der Waals surface area contributed by atoms with Crippen LogP contribution in [0.4, 0.5) is 0 Å². The van der Waals surface area contributed by atoms with Gasteiger partial charge in [-0.05, 0) is 57.4 Å². The molecule has 0 fully saturated rings. The SMILES string of the molecule is CC(C=C/C=C(/C)C=CC1=C(C)CCCC1(C)C)=CC/C(=C\C(=O)O)C(=O)O. The van der Waals surface area contributed by atoms with Crippen LogP contribution in [0.1, 0.15) is 60.3 Å². The zero-order chi connectivity index (χ0) is 21.3. The normalized spacial score (nSPS) is 19.0. The lowest BCUT2D eigenvalue weighted by Gasteiger charge is -2.32. The van der Waals surface area contributed by atoms with Crippen molar-refractivity contribution < 1.29 is 19.8 Å². The lowest BCUT2D eigenvalue weighted by molar-refractivity contribution is -0.135. The number of rotatable bonds is 8. The van der Waals surface area contributed by atoms with E-state index in [9.17, 15) is 9.59 Å². The molecule has 0 aromatic carbocycles. The molecule has 0 atom stereocenters. The molecule has 0 aromatic rings. The first-order chi connectivity index (χ1) is 13.0. The Bertz CT molecular complexity index is 783. The second-order valence-corrected chi connectivity index (χ2v) is 8.00. The molecule has 0 heterocycles. The summed E-state index contributed by atoms with van der Waals surface area (Å²) in [6, 6.07) is 0. The number of hydrogen-bond donors (Lipinski definition) is 2. The van der Waals surface area contributed by atoms with E-state index < -0.39 is 11.9 Å². The molecule has 0 radical (unpaired) electrons. The van der Waals surface area contributed by atoms with Crippen LogP contribution in [0.3, 0.4) is 0 Å². The van der Waals surface area contributed by atoms with Crippen molar-refractivity contribution in [3.8, 4) is 0 Å². The van der Waals surface area contributed by atoms with Gasteiger partial charge in [0.05, 0.1) is 0 Å². The number of carbonyl (C=O) groups is 2. The van der Waals surface area contributed by atoms with E-state index in [2.05, 4.69) is 32.9 Å². The Labute approximate surface area is 168 Å². The minimum Gasteiger partial charge on any atom is -0.478 e. The highest BCUT2D eigenvalue weighted by molar-refractivity contribution is 5.94. The van der Waals surface area contributed by atoms with Crippen LogP contribution < -0.4 is 0 Å². The molecule has 4 heteroatoms. The molecular weight excluding hydrogens is 352 g/mol. The summed E-state index contributed by atoms with van der Waals surface area (Å²) in [5.74, 6) is -2.47. The van der Waals surface area contributed by atoms with Crippen LogP contribution in [-0.4, -0.2) is 22.2 Å². The second-order valence-electron chi connectivity index (χ2n) is 8.00. The minimum absolute atomic E-state index is 0.0723. The molecule has 0 aromatic heterocycles. The van der Waals surface area contributed by atoms with Crippen LogP contribution in [0.5, 0.6) is 0 Å². The van der Waals surface area contributed by atoms with E-state index in [1.807, 2.05) is 32.1 Å². The zero-order valence-corrected chi connectivity index (χ0v) is 17.6. The lowest BCUT2D eigenvalue weighted by Crippen LogP contribution is -2.19. The van der Waals surface area contributed by atoms with E-state index in [0.717, 1.165) is 17.2 Å². The molecule has 1 aliphatic rings. The zero-order valence-electron chi connectivity index (χ0n) is 17.6. The third kappa shape index (κ3) is 7.95. The lowest BCUT2D eigenvalue weighted by atomic mass is 9.72. The molecule has 0 saturated heterocycles. The molecule has 0 amide bonds. The summed E-state index contributed by atoms with van der Waals surface area (Å²) in [7, 11) is 0. The van der Waals surface area contributed by atoms with Crippen LogP contribution in [0, 0.1) is 5.41 Å². The smallest absolute Gasteiger partial charge is 0.332 e. The van der Waals surface area contributed by atoms with Gasteiger partial charge < -0.3 is 10.2 Å². The standard InChI is InChI=1S/C24H32O4/c1-17(11-13-20(23(27)28)16-22(25)26)8-6-9-18(2)12-14-21-19(3)10-7-15-24(21,4)5/h6,8-9,11-12,14,16H,7,10,13,15H2,1-5H3,(H,25,26)(H,27,28)/b8-6?,14-12?,17-11?,18-9-,20-16+. The van der Waals surface area contributed by atoms with Gasteiger partial charge in [0.15, 0.2) is 0 Å². The van der Waals surface area contributed by atoms with E-state index in [1.54, 1.807) is 6.08 Å². The maximum Gasteiger partial charge on any atom is 0.332 e. The quantitative estimate of drug-likeness (QED) is 0.397. The van der Waals surface area contributed by atoms with Crippen LogP contribution in [0.2, 0.25) is 0 Å². The largest absolute Gasteiger partial charge is 0.478 e. The molecule has 1 aliphatic carbocycles. The second kappa shape index (κ2) is 10.6. The minimum atomic E-state index is -1.25. The van der Waals surface area contributed by atoms with Gasteiger partial charge in [0.25, 0.3) is 0 Å². The number of hydrogen-bond acceptors (Lipinski definition) is 2. The number of aliphatic carboxylic acids is 2. The Morgan fingerprint density at radius 2 is 1.79 bits per heavy atom. The molecule has 0 unspecified atom stereocenters. The highest BCUT2D eigenvalue weighted by Crippen LogP contribution is 2.40. The summed E-state index contributed by atoms with van der Waals surface area (Å²) in [5, 5.41) is 17.7. The van der Waals surface area contributed by atoms with Crippen molar-refractivity contribution in [2.75, 3.05) is 0 Å². The number of allylic oxidation sites excluding steroid dienone is 10. The van der Waals surface area contributed by atoms with Crippen molar-refractivity contribution >= 4 is 11.9 Å². The summed E-state index contributed by atoms with van der Waals surface area (Å²) in [5.41, 5.74) is 4.98. The molecule has 0 saturated carbocycles. The predicted molar refractivity (Wildman–Crippen MR) is 114 cm³/mol. The number of carboxylic acids is 2. The fourth-order valence-electron chi connectivity index (χ4n) is 3.33. The summed E-state index contributed by atoms with van der Waals surface area (Å²) in [6.45, 7) is 10.7. The van der Waals surface area contributed by atoms with Gasteiger partial charge in [-0.2, -0.15) is 0 Å². The van der Waals surface area contributed by atoms with Crippen molar-refractivity contribution in [2.24, 2.45) is 5.41 Å². The molecule has 4 nitrogen and oxygen atoms in total. The fraction of sp³-hybridized carbons (Fsp3) is 0.417. The van der Waals surface area contributed by atoms with E-state index in [-0.39, 0.29) is 17.4 Å². The number of carboxylic acid groups (broad SMARTS) is 2. The first-order valence-corrected chi connectivity index (χ1v) is 9.60. The maximum atomic E-state index is 11.0. The summed E-state index contributed by atoms with van der Waals surface area (Å²) < 4.78 is 0. The van der Waals surface area contributed by atoms with Crippen molar-refractivity contribution in [1.29, 1.82) is 0 Å². The molecule has 2 N–H and O–H groups in total. The van der Waals surface area contributed by atoms with Crippen molar-refractivity contribution in [3.63, 3.8) is 0 Å². The van der Waals surface area contributed by atoms with Crippen LogP contribution >= 0.6 is 0 Å². The van der Waals surface area contributed by atoms with Crippen LogP contribution in [-0.2, 0) is 9.59 Å². The van der Waals surface area contributed by atoms with Gasteiger partial charge in [0.1, 0.15) is 0 Å². The molecule has 28 heavy (non-hydrogen) atoms. The Kier molecular flexibility index (Phi) is 8.90. The highest BCUT2D eigenvalue weighted by atomic mass is 16.4. The van der Waals surface area contributed by atoms with E-state index in [0.29, 0.717) is 0 Å². The summed E-state index contributed by atoms with van der Waals surface area (Å²) in [6.07, 6.45) is 16.3. The third-order valence-corrected chi connectivity index (χ3v) is 4.99. The average molecular weight is 385 g/mol. The van der Waals surface area contributed by atoms with Crippen molar-refractivity contribution in [1.82, 2.24) is 0 Å². The Balaban J connectivity index is 2.77. The van der Waals surface area contributed by atoms with Gasteiger partial charge in [-0.15, -0.1) is 0 Å². The molecular formula is C24H32O4. The molecule has 0 bridgehead atoms. The van der Waals surface area contributed by atoms with Gasteiger partial charge in [-0.3, -0.25) is 0 Å². The Hall–Kier alpha value is -2.62. The topological polar surface area (TPSA) is 74.6 Å². The fourth-order valence-corrected chi connectivity index (χ4v) is 3.33. The van der Waals surface area contributed by atoms with Gasteiger partial charge >= 0.3 is 11.9 Å². The van der Waals surface area contributed by atoms with E-state index >= 15 is 0 Å². The van der Waals surface area contributed by atoms with Crippen LogP contribution in [0.25, 0.3) is 0 Å². The average Bonchev–Trinajstić information content (AvgIpc) is 2.57. The van der Waals surface area contributed by atoms with Gasteiger partial charge in [-0.25, -0.2) is 9.59 Å². The monoisotopic (exact) mass is 384 g/mol. The molecule has 0 aliphatic heterocycles. The summed E-state index contributed by atoms with van der Waals surface area (Å²) >= 11 is 0. The Morgan fingerprint density at radius 3 is 2.36 bits per heavy atom. The van der Waals surface area contributed by atoms with Gasteiger partial charge in [0, 0.05) is 11.6 Å². The molecule has 152 valence electrons. The van der Waals surface area contributed by atoms with Gasteiger partial charge in [-0.1, -0.05) is 67.0 Å². The van der Waals surface area contributed by atoms with Crippen molar-refractivity contribution in [2.45, 2.75) is 60.3 Å². The molecule has 1 rings (SSSR count). The van der Waals surface area contributed by atoms with E-state index in [1.165, 1.54) is 30.4 Å². The first kappa shape index (κ1) is 23.4. The first-order valence-electron chi connectivity index (χ1n) is 9.60.